The van der Waals surface area contributed by atoms with E-state index in [0.29, 0.717) is 22.7 Å². The van der Waals surface area contributed by atoms with Crippen LogP contribution in [0.1, 0.15) is 16.7 Å². The molecule has 9 nitrogen and oxygen atoms in total. The van der Waals surface area contributed by atoms with Gasteiger partial charge in [-0.15, -0.1) is 0 Å². The maximum absolute atomic E-state index is 12.4. The Bertz CT molecular complexity index is 1260. The third kappa shape index (κ3) is 7.16. The average molecular weight is 475 g/mol. The summed E-state index contributed by atoms with van der Waals surface area (Å²) in [6, 6.07) is 19.4. The topological polar surface area (TPSA) is 118 Å². The molecule has 3 N–H and O–H groups in total. The summed E-state index contributed by atoms with van der Waals surface area (Å²) in [4.78, 5) is 36.6. The number of para-hydroxylation sites is 3. The number of aryl methyl sites for hydroxylation is 2. The molecule has 3 rings (SSSR count). The highest BCUT2D eigenvalue weighted by Gasteiger charge is 2.15. The summed E-state index contributed by atoms with van der Waals surface area (Å²) < 4.78 is 10.8. The highest BCUT2D eigenvalue weighted by molar-refractivity contribution is 6.39. The van der Waals surface area contributed by atoms with Gasteiger partial charge in [0.05, 0.1) is 19.0 Å². The van der Waals surface area contributed by atoms with Crippen LogP contribution in [0, 0.1) is 13.8 Å². The summed E-state index contributed by atoms with van der Waals surface area (Å²) in [5, 5.41) is 9.12. The summed E-state index contributed by atoms with van der Waals surface area (Å²) in [5.41, 5.74) is 5.74. The number of nitrogens with one attached hydrogen (secondary N) is 3. The van der Waals surface area contributed by atoms with Crippen LogP contribution in [-0.4, -0.2) is 37.7 Å². The van der Waals surface area contributed by atoms with E-state index in [9.17, 15) is 14.4 Å². The van der Waals surface area contributed by atoms with Crippen molar-refractivity contribution in [1.29, 1.82) is 0 Å². The molecule has 0 saturated heterocycles. The molecule has 3 aromatic rings. The molecule has 0 bridgehead atoms. The Morgan fingerprint density at radius 3 is 2.34 bits per heavy atom. The largest absolute Gasteiger partial charge is 0.495 e. The second kappa shape index (κ2) is 12.0. The number of methoxy groups -OCH3 is 1. The van der Waals surface area contributed by atoms with Gasteiger partial charge in [-0.2, -0.15) is 5.10 Å². The molecule has 0 aliphatic rings. The number of hydrazone groups is 1. The molecule has 0 aromatic heterocycles. The van der Waals surface area contributed by atoms with Crippen molar-refractivity contribution in [2.45, 2.75) is 13.8 Å². The molecule has 3 amide bonds. The van der Waals surface area contributed by atoms with Crippen LogP contribution in [0.4, 0.5) is 11.4 Å². The third-order valence-corrected chi connectivity index (χ3v) is 4.88. The molecule has 3 aromatic carbocycles. The smallest absolute Gasteiger partial charge is 0.329 e. The Morgan fingerprint density at radius 2 is 1.57 bits per heavy atom. The first-order chi connectivity index (χ1) is 16.9. The quantitative estimate of drug-likeness (QED) is 0.263. The Balaban J connectivity index is 1.56. The van der Waals surface area contributed by atoms with Gasteiger partial charge >= 0.3 is 11.8 Å². The van der Waals surface area contributed by atoms with Gasteiger partial charge in [-0.25, -0.2) is 5.43 Å². The molecular weight excluding hydrogens is 448 g/mol. The Hall–Kier alpha value is -4.66. The first kappa shape index (κ1) is 25.0. The van der Waals surface area contributed by atoms with Gasteiger partial charge < -0.3 is 20.1 Å². The lowest BCUT2D eigenvalue weighted by Crippen LogP contribution is -2.32. The van der Waals surface area contributed by atoms with E-state index in [4.69, 9.17) is 9.47 Å². The van der Waals surface area contributed by atoms with Gasteiger partial charge in [0.15, 0.2) is 6.61 Å². The van der Waals surface area contributed by atoms with E-state index in [1.807, 2.05) is 32.0 Å². The number of hydrogen-bond donors (Lipinski definition) is 3. The maximum Gasteiger partial charge on any atom is 0.329 e. The molecule has 9 heteroatoms. The summed E-state index contributed by atoms with van der Waals surface area (Å²) in [7, 11) is 1.46. The molecule has 180 valence electrons. The zero-order valence-corrected chi connectivity index (χ0v) is 19.6. The van der Waals surface area contributed by atoms with E-state index in [0.717, 1.165) is 16.8 Å². The van der Waals surface area contributed by atoms with E-state index < -0.39 is 11.8 Å². The minimum absolute atomic E-state index is 0.216. The van der Waals surface area contributed by atoms with Crippen LogP contribution >= 0.6 is 0 Å². The lowest BCUT2D eigenvalue weighted by Gasteiger charge is -2.11. The van der Waals surface area contributed by atoms with Gasteiger partial charge in [0, 0.05) is 11.3 Å². The van der Waals surface area contributed by atoms with Gasteiger partial charge in [0.25, 0.3) is 5.91 Å². The monoisotopic (exact) mass is 474 g/mol. The van der Waals surface area contributed by atoms with Crippen LogP contribution in [0.2, 0.25) is 0 Å². The first-order valence-corrected chi connectivity index (χ1v) is 10.7. The van der Waals surface area contributed by atoms with Crippen LogP contribution in [0.15, 0.2) is 71.8 Å². The molecule has 35 heavy (non-hydrogen) atoms. The SMILES string of the molecule is COc1ccccc1NC(=O)C(=O)N/N=C\c1ccccc1OCC(=O)Nc1cc(C)ccc1C. The Labute approximate surface area is 203 Å². The Morgan fingerprint density at radius 1 is 0.857 bits per heavy atom. The predicted octanol–water partition coefficient (Wildman–Crippen LogP) is 3.42. The summed E-state index contributed by atoms with van der Waals surface area (Å²) in [5.74, 6) is -1.37. The van der Waals surface area contributed by atoms with Crippen molar-refractivity contribution in [2.24, 2.45) is 5.10 Å². The van der Waals surface area contributed by atoms with E-state index >= 15 is 0 Å². The maximum atomic E-state index is 12.4. The van der Waals surface area contributed by atoms with Crippen LogP contribution in [0.3, 0.4) is 0 Å². The summed E-state index contributed by atoms with van der Waals surface area (Å²) in [6.07, 6.45) is 1.33. The van der Waals surface area contributed by atoms with E-state index in [1.54, 1.807) is 48.5 Å². The number of nitrogens with zero attached hydrogens (tertiary/aromatic N) is 1. The summed E-state index contributed by atoms with van der Waals surface area (Å²) >= 11 is 0. The van der Waals surface area contributed by atoms with Crippen molar-refractivity contribution in [3.63, 3.8) is 0 Å². The van der Waals surface area contributed by atoms with E-state index in [2.05, 4.69) is 21.2 Å². The molecule has 0 radical (unpaired) electrons. The first-order valence-electron chi connectivity index (χ1n) is 10.7. The van der Waals surface area contributed by atoms with Crippen LogP contribution in [-0.2, 0) is 14.4 Å². The lowest BCUT2D eigenvalue weighted by molar-refractivity contribution is -0.136. The Kier molecular flexibility index (Phi) is 8.55. The van der Waals surface area contributed by atoms with E-state index in [1.165, 1.54) is 13.3 Å². The lowest BCUT2D eigenvalue weighted by atomic mass is 10.1. The van der Waals surface area contributed by atoms with Crippen molar-refractivity contribution >= 4 is 35.3 Å². The van der Waals surface area contributed by atoms with Crippen molar-refractivity contribution in [3.05, 3.63) is 83.4 Å². The highest BCUT2D eigenvalue weighted by atomic mass is 16.5. The zero-order valence-electron chi connectivity index (χ0n) is 19.6. The normalized spacial score (nSPS) is 10.5. The third-order valence-electron chi connectivity index (χ3n) is 4.88. The highest BCUT2D eigenvalue weighted by Crippen LogP contribution is 2.23. The summed E-state index contributed by atoms with van der Waals surface area (Å²) in [6.45, 7) is 3.64. The van der Waals surface area contributed by atoms with Gasteiger partial charge in [-0.3, -0.25) is 14.4 Å². The minimum atomic E-state index is -0.960. The molecule has 0 heterocycles. The molecule has 0 aliphatic heterocycles. The molecule has 0 fully saturated rings. The van der Waals surface area contributed by atoms with Gasteiger partial charge in [0.1, 0.15) is 11.5 Å². The fourth-order valence-corrected chi connectivity index (χ4v) is 3.06. The molecule has 0 saturated carbocycles. The second-order valence-electron chi connectivity index (χ2n) is 7.55. The van der Waals surface area contributed by atoms with E-state index in [-0.39, 0.29) is 12.5 Å². The molecule has 0 unspecified atom stereocenters. The van der Waals surface area contributed by atoms with Crippen LogP contribution < -0.4 is 25.5 Å². The van der Waals surface area contributed by atoms with Crippen molar-refractivity contribution in [3.8, 4) is 11.5 Å². The number of rotatable bonds is 8. The second-order valence-corrected chi connectivity index (χ2v) is 7.55. The molecule has 0 aliphatic carbocycles. The van der Waals surface area contributed by atoms with Gasteiger partial charge in [-0.1, -0.05) is 36.4 Å². The minimum Gasteiger partial charge on any atom is -0.495 e. The number of ether oxygens (including phenoxy) is 2. The van der Waals surface area contributed by atoms with Crippen molar-refractivity contribution < 1.29 is 23.9 Å². The standard InChI is InChI=1S/C26H26N4O5/c1-17-12-13-18(2)21(14-17)28-24(31)16-35-22-10-6-4-8-19(22)15-27-30-26(33)25(32)29-20-9-5-7-11-23(20)34-3/h4-15H,16H2,1-3H3,(H,28,31)(H,29,32)(H,30,33)/b27-15-. The van der Waals surface area contributed by atoms with Crippen molar-refractivity contribution in [2.75, 3.05) is 24.4 Å². The fourth-order valence-electron chi connectivity index (χ4n) is 3.06. The zero-order chi connectivity index (χ0) is 25.2. The van der Waals surface area contributed by atoms with Gasteiger partial charge in [-0.05, 0) is 55.3 Å². The number of amides is 3. The fraction of sp³-hybridized carbons (Fsp3) is 0.154. The number of benzene rings is 3. The number of hydrogen-bond acceptors (Lipinski definition) is 6. The average Bonchev–Trinajstić information content (AvgIpc) is 2.86. The number of carbonyl (C=O) groups excluding carboxylic acids is 3. The van der Waals surface area contributed by atoms with Crippen LogP contribution in [0.5, 0.6) is 11.5 Å². The van der Waals surface area contributed by atoms with Gasteiger partial charge in [0.2, 0.25) is 0 Å². The molecule has 0 spiro atoms. The molecular formula is C26H26N4O5. The molecule has 0 atom stereocenters. The number of anilines is 2. The van der Waals surface area contributed by atoms with Crippen molar-refractivity contribution in [1.82, 2.24) is 5.43 Å². The van der Waals surface area contributed by atoms with Crippen LogP contribution in [0.25, 0.3) is 0 Å². The predicted molar refractivity (Wildman–Crippen MR) is 134 cm³/mol. The number of carbonyl (C=O) groups is 3.